The zero-order valence-electron chi connectivity index (χ0n) is 11.4. The van der Waals surface area contributed by atoms with Gasteiger partial charge >= 0.3 is 8.25 Å². The summed E-state index contributed by atoms with van der Waals surface area (Å²) in [5, 5.41) is 56.5. The van der Waals surface area contributed by atoms with Gasteiger partial charge in [0.25, 0.3) is 0 Å². The quantitative estimate of drug-likeness (QED) is 0.201. The Morgan fingerprint density at radius 1 is 1.09 bits per heavy atom. The molecule has 0 aromatic carbocycles. The highest BCUT2D eigenvalue weighted by Crippen LogP contribution is 2.22. The maximum Gasteiger partial charge on any atom is 0.316 e. The molecule has 132 valence electrons. The first-order valence-corrected chi connectivity index (χ1v) is 7.68. The van der Waals surface area contributed by atoms with Crippen LogP contribution in [0.3, 0.4) is 0 Å². The third kappa shape index (κ3) is 5.48. The largest absolute Gasteiger partial charge is 0.394 e. The minimum atomic E-state index is -3.27. The van der Waals surface area contributed by atoms with E-state index in [0.29, 0.717) is 0 Å². The van der Waals surface area contributed by atoms with Gasteiger partial charge in [-0.05, 0) is 0 Å². The lowest BCUT2D eigenvalue weighted by atomic mass is 10.1. The van der Waals surface area contributed by atoms with Crippen molar-refractivity contribution in [3.63, 3.8) is 0 Å². The van der Waals surface area contributed by atoms with Gasteiger partial charge in [-0.1, -0.05) is 0 Å². The van der Waals surface area contributed by atoms with Crippen molar-refractivity contribution >= 4 is 8.25 Å². The van der Waals surface area contributed by atoms with Crippen LogP contribution in [-0.2, 0) is 18.6 Å². The second-order valence-electron chi connectivity index (χ2n) is 4.74. The summed E-state index contributed by atoms with van der Waals surface area (Å²) in [5.41, 5.74) is 0. The van der Waals surface area contributed by atoms with Crippen molar-refractivity contribution in [2.75, 3.05) is 19.8 Å². The van der Waals surface area contributed by atoms with Crippen LogP contribution in [0.2, 0.25) is 0 Å². The molecule has 0 radical (unpaired) electrons. The van der Waals surface area contributed by atoms with E-state index >= 15 is 0 Å². The van der Waals surface area contributed by atoms with Crippen molar-refractivity contribution in [3.05, 3.63) is 0 Å². The molecule has 8 atom stereocenters. The molecule has 0 aromatic heterocycles. The van der Waals surface area contributed by atoms with E-state index < -0.39 is 71.0 Å². The maximum atomic E-state index is 10.3. The highest BCUT2D eigenvalue weighted by molar-refractivity contribution is 7.32. The summed E-state index contributed by atoms with van der Waals surface area (Å²) in [6.45, 7) is -1.78. The Kier molecular flexibility index (Phi) is 8.32. The van der Waals surface area contributed by atoms with E-state index in [1.54, 1.807) is 0 Å². The molecule has 22 heavy (non-hydrogen) atoms. The molecule has 0 spiro atoms. The molecule has 0 bridgehead atoms. The zero-order chi connectivity index (χ0) is 16.9. The number of aliphatic hydroxyl groups excluding tert-OH is 6. The van der Waals surface area contributed by atoms with Gasteiger partial charge in [0.05, 0.1) is 19.8 Å². The van der Waals surface area contributed by atoms with Gasteiger partial charge < -0.3 is 49.5 Å². The average molecular weight is 348 g/mol. The molecule has 1 heterocycles. The van der Waals surface area contributed by atoms with Crippen LogP contribution in [-0.4, -0.2) is 98.3 Å². The Morgan fingerprint density at radius 2 is 1.68 bits per heavy atom. The molecule has 12 heteroatoms. The lowest BCUT2D eigenvalue weighted by molar-refractivity contribution is -0.193. The normalized spacial score (nSPS) is 34.3. The standard InChI is InChI=1S/C10H21O11P/c11-1-6-8(15)9(16)10(21-6)19-2-4(12)7(14)5(13)3-20-22(17)18/h4-16,22H,1-3H2,(H,17,18)/t4?,5?,6-,7?,8?,9+,10-/m1/s1. The minimum absolute atomic E-state index is 0.542. The molecular formula is C10H21O11P. The molecule has 0 aromatic rings. The van der Waals surface area contributed by atoms with E-state index in [1.165, 1.54) is 0 Å². The van der Waals surface area contributed by atoms with Gasteiger partial charge in [0.2, 0.25) is 0 Å². The van der Waals surface area contributed by atoms with Gasteiger partial charge in [0, 0.05) is 0 Å². The predicted molar refractivity (Wildman–Crippen MR) is 68.9 cm³/mol. The number of hydrogen-bond acceptors (Lipinski definition) is 10. The summed E-state index contributed by atoms with van der Waals surface area (Å²) in [5.74, 6) is 0. The van der Waals surface area contributed by atoms with Crippen molar-refractivity contribution in [1.29, 1.82) is 0 Å². The summed E-state index contributed by atoms with van der Waals surface area (Å²) in [4.78, 5) is 8.43. The lowest BCUT2D eigenvalue weighted by Crippen LogP contribution is -2.43. The average Bonchev–Trinajstić information content (AvgIpc) is 2.76. The van der Waals surface area contributed by atoms with Crippen molar-refractivity contribution in [1.82, 2.24) is 0 Å². The molecule has 1 aliphatic heterocycles. The molecule has 7 N–H and O–H groups in total. The highest BCUT2D eigenvalue weighted by Gasteiger charge is 2.43. The Morgan fingerprint density at radius 3 is 2.18 bits per heavy atom. The smallest absolute Gasteiger partial charge is 0.316 e. The number of rotatable bonds is 9. The maximum absolute atomic E-state index is 10.3. The Hall–Kier alpha value is -0.170. The van der Waals surface area contributed by atoms with Crippen LogP contribution in [0.25, 0.3) is 0 Å². The Balaban J connectivity index is 2.38. The number of aliphatic hydroxyl groups is 6. The van der Waals surface area contributed by atoms with Crippen LogP contribution in [0, 0.1) is 0 Å². The third-order valence-electron chi connectivity index (χ3n) is 3.10. The summed E-state index contributed by atoms with van der Waals surface area (Å²) in [6.07, 6.45) is -10.2. The molecule has 0 saturated carbocycles. The van der Waals surface area contributed by atoms with Gasteiger partial charge in [-0.2, -0.15) is 0 Å². The van der Waals surface area contributed by atoms with Crippen LogP contribution in [0.1, 0.15) is 0 Å². The zero-order valence-corrected chi connectivity index (χ0v) is 12.4. The van der Waals surface area contributed by atoms with Crippen LogP contribution in [0.5, 0.6) is 0 Å². The topological polar surface area (TPSA) is 186 Å². The van der Waals surface area contributed by atoms with Gasteiger partial charge in [0.15, 0.2) is 6.29 Å². The van der Waals surface area contributed by atoms with Gasteiger partial charge in [-0.3, -0.25) is 4.57 Å². The van der Waals surface area contributed by atoms with Crippen molar-refractivity contribution in [2.24, 2.45) is 0 Å². The summed E-state index contributed by atoms with van der Waals surface area (Å²) >= 11 is 0. The molecule has 1 rings (SSSR count). The number of hydrogen-bond donors (Lipinski definition) is 7. The van der Waals surface area contributed by atoms with E-state index in [0.717, 1.165) is 0 Å². The summed E-state index contributed by atoms with van der Waals surface area (Å²) in [6, 6.07) is 0. The van der Waals surface area contributed by atoms with E-state index in [1.807, 2.05) is 0 Å². The first-order valence-electron chi connectivity index (χ1n) is 6.41. The van der Waals surface area contributed by atoms with E-state index in [2.05, 4.69) is 4.52 Å². The van der Waals surface area contributed by atoms with E-state index in [9.17, 15) is 30.1 Å². The van der Waals surface area contributed by atoms with Gasteiger partial charge in [-0.25, -0.2) is 0 Å². The van der Waals surface area contributed by atoms with Crippen molar-refractivity contribution < 1.29 is 54.1 Å². The molecule has 1 fully saturated rings. The molecule has 1 saturated heterocycles. The van der Waals surface area contributed by atoms with Crippen molar-refractivity contribution in [2.45, 2.75) is 42.9 Å². The number of ether oxygens (including phenoxy) is 2. The van der Waals surface area contributed by atoms with Crippen molar-refractivity contribution in [3.8, 4) is 0 Å². The van der Waals surface area contributed by atoms with Gasteiger partial charge in [0.1, 0.15) is 36.6 Å². The molecule has 0 aliphatic carbocycles. The molecular weight excluding hydrogens is 327 g/mol. The summed E-state index contributed by atoms with van der Waals surface area (Å²) < 4.78 is 24.5. The second kappa shape index (κ2) is 9.21. The minimum Gasteiger partial charge on any atom is -0.394 e. The second-order valence-corrected chi connectivity index (χ2v) is 5.56. The lowest BCUT2D eigenvalue weighted by Gasteiger charge is -2.24. The first kappa shape index (κ1) is 19.9. The van der Waals surface area contributed by atoms with Crippen LogP contribution in [0.15, 0.2) is 0 Å². The van der Waals surface area contributed by atoms with E-state index in [-0.39, 0.29) is 0 Å². The van der Waals surface area contributed by atoms with Crippen LogP contribution >= 0.6 is 8.25 Å². The fourth-order valence-corrected chi connectivity index (χ4v) is 2.12. The SMILES string of the molecule is O=[PH](O)OCC(O)C(O)C(O)CO[C@@H]1O[C@H](CO)C(O)[C@@H]1O. The van der Waals surface area contributed by atoms with Crippen LogP contribution < -0.4 is 0 Å². The Bertz CT molecular complexity index is 356. The molecule has 11 nitrogen and oxygen atoms in total. The summed E-state index contributed by atoms with van der Waals surface area (Å²) in [7, 11) is -3.27. The predicted octanol–water partition coefficient (Wildman–Crippen LogP) is -4.08. The first-order chi connectivity index (χ1) is 10.3. The van der Waals surface area contributed by atoms with E-state index in [4.69, 9.17) is 19.5 Å². The Labute approximate surface area is 126 Å². The molecule has 5 unspecified atom stereocenters. The third-order valence-corrected chi connectivity index (χ3v) is 3.51. The molecule has 0 amide bonds. The fraction of sp³-hybridized carbons (Fsp3) is 1.00. The van der Waals surface area contributed by atoms with Gasteiger partial charge in [-0.15, -0.1) is 0 Å². The monoisotopic (exact) mass is 348 g/mol. The highest BCUT2D eigenvalue weighted by atomic mass is 31.1. The molecule has 1 aliphatic rings. The van der Waals surface area contributed by atoms with Crippen LogP contribution in [0.4, 0.5) is 0 Å². The fourth-order valence-electron chi connectivity index (χ4n) is 1.81.